The number of benzene rings is 1. The van der Waals surface area contributed by atoms with Gasteiger partial charge < -0.3 is 14.5 Å². The SMILES string of the molecule is COCC(=O)N1CCC(N2C(=O)c3c(c(C)nn3-c3ccccc3)C2C)C1. The highest BCUT2D eigenvalue weighted by Crippen LogP contribution is 2.39. The van der Waals surface area contributed by atoms with Gasteiger partial charge in [-0.25, -0.2) is 4.68 Å². The molecule has 1 aromatic carbocycles. The molecule has 142 valence electrons. The molecule has 1 aromatic heterocycles. The molecule has 0 saturated carbocycles. The molecule has 7 nitrogen and oxygen atoms in total. The van der Waals surface area contributed by atoms with E-state index >= 15 is 0 Å². The zero-order valence-electron chi connectivity index (χ0n) is 15.9. The molecular formula is C20H24N4O3. The van der Waals surface area contributed by atoms with E-state index in [9.17, 15) is 9.59 Å². The van der Waals surface area contributed by atoms with E-state index in [0.29, 0.717) is 18.8 Å². The van der Waals surface area contributed by atoms with Crippen LogP contribution in [0.5, 0.6) is 0 Å². The molecule has 2 aliphatic rings. The van der Waals surface area contributed by atoms with Crippen LogP contribution in [0.4, 0.5) is 0 Å². The molecule has 0 aliphatic carbocycles. The Morgan fingerprint density at radius 1 is 1.30 bits per heavy atom. The Morgan fingerprint density at radius 2 is 2.04 bits per heavy atom. The molecule has 3 heterocycles. The first-order chi connectivity index (χ1) is 13.0. The number of para-hydroxylation sites is 1. The van der Waals surface area contributed by atoms with Gasteiger partial charge in [0, 0.05) is 25.8 Å². The number of fused-ring (bicyclic) bond motifs is 1. The second-order valence-corrected chi connectivity index (χ2v) is 7.20. The summed E-state index contributed by atoms with van der Waals surface area (Å²) in [6, 6.07) is 9.70. The van der Waals surface area contributed by atoms with Crippen LogP contribution in [0, 0.1) is 6.92 Å². The lowest BCUT2D eigenvalue weighted by atomic mass is 10.1. The minimum absolute atomic E-state index is 0.00649. The first kappa shape index (κ1) is 17.7. The van der Waals surface area contributed by atoms with Gasteiger partial charge in [-0.15, -0.1) is 0 Å². The van der Waals surface area contributed by atoms with Crippen molar-refractivity contribution in [2.75, 3.05) is 26.8 Å². The lowest BCUT2D eigenvalue weighted by Gasteiger charge is -2.29. The standard InChI is InChI=1S/C20H24N4O3/c1-13-18-14(2)23(16-9-10-22(11-16)17(25)12-27-3)20(26)19(18)24(21-13)15-7-5-4-6-8-15/h4-8,14,16H,9-12H2,1-3H3. The molecule has 7 heteroatoms. The van der Waals surface area contributed by atoms with E-state index in [2.05, 4.69) is 5.10 Å². The van der Waals surface area contributed by atoms with Crippen LogP contribution in [-0.4, -0.2) is 64.2 Å². The molecule has 1 fully saturated rings. The van der Waals surface area contributed by atoms with Gasteiger partial charge in [-0.2, -0.15) is 5.10 Å². The van der Waals surface area contributed by atoms with Gasteiger partial charge in [0.15, 0.2) is 0 Å². The molecular weight excluding hydrogens is 344 g/mol. The van der Waals surface area contributed by atoms with Gasteiger partial charge in [0.05, 0.1) is 23.5 Å². The molecule has 27 heavy (non-hydrogen) atoms. The Bertz CT molecular complexity index is 877. The fraction of sp³-hybridized carbons (Fsp3) is 0.450. The summed E-state index contributed by atoms with van der Waals surface area (Å²) in [6.45, 7) is 5.30. The highest BCUT2D eigenvalue weighted by molar-refractivity contribution is 5.98. The topological polar surface area (TPSA) is 67.7 Å². The molecule has 0 N–H and O–H groups in total. The summed E-state index contributed by atoms with van der Waals surface area (Å²) in [4.78, 5) is 29.2. The van der Waals surface area contributed by atoms with Gasteiger partial charge in [0.25, 0.3) is 5.91 Å². The summed E-state index contributed by atoms with van der Waals surface area (Å²) in [5.74, 6) is -0.0311. The highest BCUT2D eigenvalue weighted by Gasteiger charge is 2.45. The third kappa shape index (κ3) is 2.82. The summed E-state index contributed by atoms with van der Waals surface area (Å²) in [7, 11) is 1.52. The fourth-order valence-corrected chi connectivity index (χ4v) is 4.33. The number of methoxy groups -OCH3 is 1. The summed E-state index contributed by atoms with van der Waals surface area (Å²) in [6.07, 6.45) is 0.785. The Labute approximate surface area is 158 Å². The number of carbonyl (C=O) groups is 2. The van der Waals surface area contributed by atoms with Crippen molar-refractivity contribution in [3.63, 3.8) is 0 Å². The Morgan fingerprint density at radius 3 is 2.74 bits per heavy atom. The van der Waals surface area contributed by atoms with Gasteiger partial charge in [0.2, 0.25) is 5.91 Å². The highest BCUT2D eigenvalue weighted by atomic mass is 16.5. The predicted octanol–water partition coefficient (Wildman–Crippen LogP) is 1.94. The van der Waals surface area contributed by atoms with Gasteiger partial charge in [-0.3, -0.25) is 9.59 Å². The van der Waals surface area contributed by atoms with Crippen LogP contribution in [0.25, 0.3) is 5.69 Å². The molecule has 2 aliphatic heterocycles. The number of likely N-dealkylation sites (tertiary alicyclic amines) is 1. The maximum absolute atomic E-state index is 13.3. The van der Waals surface area contributed by atoms with Crippen LogP contribution in [-0.2, 0) is 9.53 Å². The number of aryl methyl sites for hydroxylation is 1. The maximum Gasteiger partial charge on any atom is 0.273 e. The smallest absolute Gasteiger partial charge is 0.273 e. The van der Waals surface area contributed by atoms with E-state index in [1.54, 1.807) is 9.58 Å². The second-order valence-electron chi connectivity index (χ2n) is 7.20. The Balaban J connectivity index is 1.63. The normalized spacial score (nSPS) is 21.8. The third-order valence-corrected chi connectivity index (χ3v) is 5.56. The zero-order chi connectivity index (χ0) is 19.1. The molecule has 2 atom stereocenters. The van der Waals surface area contributed by atoms with Crippen molar-refractivity contribution in [3.8, 4) is 5.69 Å². The summed E-state index contributed by atoms with van der Waals surface area (Å²) in [5.41, 5.74) is 3.40. The summed E-state index contributed by atoms with van der Waals surface area (Å²) >= 11 is 0. The largest absolute Gasteiger partial charge is 0.375 e. The van der Waals surface area contributed by atoms with Crippen molar-refractivity contribution in [1.82, 2.24) is 19.6 Å². The van der Waals surface area contributed by atoms with E-state index in [1.807, 2.05) is 49.1 Å². The first-order valence-corrected chi connectivity index (χ1v) is 9.27. The number of rotatable bonds is 4. The van der Waals surface area contributed by atoms with Crippen molar-refractivity contribution in [2.24, 2.45) is 0 Å². The number of ether oxygens (including phenoxy) is 1. The molecule has 0 spiro atoms. The lowest BCUT2D eigenvalue weighted by Crippen LogP contribution is -2.41. The molecule has 1 saturated heterocycles. The quantitative estimate of drug-likeness (QED) is 0.827. The number of hydrogen-bond acceptors (Lipinski definition) is 4. The van der Waals surface area contributed by atoms with Crippen LogP contribution < -0.4 is 0 Å². The van der Waals surface area contributed by atoms with Crippen LogP contribution in [0.1, 0.15) is 41.1 Å². The summed E-state index contributed by atoms with van der Waals surface area (Å²) < 4.78 is 6.71. The van der Waals surface area contributed by atoms with Crippen molar-refractivity contribution in [3.05, 3.63) is 47.3 Å². The van der Waals surface area contributed by atoms with Gasteiger partial charge in [0.1, 0.15) is 12.3 Å². The average molecular weight is 368 g/mol. The van der Waals surface area contributed by atoms with E-state index in [-0.39, 0.29) is 30.5 Å². The maximum atomic E-state index is 13.3. The van der Waals surface area contributed by atoms with Gasteiger partial charge in [-0.1, -0.05) is 18.2 Å². The monoisotopic (exact) mass is 368 g/mol. The van der Waals surface area contributed by atoms with Crippen LogP contribution in [0.2, 0.25) is 0 Å². The fourth-order valence-electron chi connectivity index (χ4n) is 4.33. The predicted molar refractivity (Wildman–Crippen MR) is 99.7 cm³/mol. The number of amides is 2. The minimum Gasteiger partial charge on any atom is -0.375 e. The minimum atomic E-state index is -0.0487. The van der Waals surface area contributed by atoms with Gasteiger partial charge in [-0.05, 0) is 32.4 Å². The number of aromatic nitrogens is 2. The molecule has 0 bridgehead atoms. The molecule has 2 unspecified atom stereocenters. The second kappa shape index (κ2) is 6.81. The average Bonchev–Trinajstić information content (AvgIpc) is 3.33. The van der Waals surface area contributed by atoms with E-state index in [1.165, 1.54) is 7.11 Å². The molecule has 2 aromatic rings. The molecule has 2 amide bonds. The number of nitrogens with zero attached hydrogens (tertiary/aromatic N) is 4. The van der Waals surface area contributed by atoms with Crippen molar-refractivity contribution in [2.45, 2.75) is 32.4 Å². The lowest BCUT2D eigenvalue weighted by molar-refractivity contribution is -0.134. The van der Waals surface area contributed by atoms with E-state index < -0.39 is 0 Å². The van der Waals surface area contributed by atoms with E-state index in [0.717, 1.165) is 23.4 Å². The third-order valence-electron chi connectivity index (χ3n) is 5.56. The Kier molecular flexibility index (Phi) is 4.47. The Hall–Kier alpha value is -2.67. The number of carbonyl (C=O) groups excluding carboxylic acids is 2. The van der Waals surface area contributed by atoms with Crippen molar-refractivity contribution in [1.29, 1.82) is 0 Å². The zero-order valence-corrected chi connectivity index (χ0v) is 15.9. The number of hydrogen-bond donors (Lipinski definition) is 0. The van der Waals surface area contributed by atoms with Crippen LogP contribution in [0.15, 0.2) is 30.3 Å². The molecule has 0 radical (unpaired) electrons. The van der Waals surface area contributed by atoms with Crippen LogP contribution in [0.3, 0.4) is 0 Å². The van der Waals surface area contributed by atoms with Crippen molar-refractivity contribution >= 4 is 11.8 Å². The molecule has 4 rings (SSSR count). The van der Waals surface area contributed by atoms with Crippen molar-refractivity contribution < 1.29 is 14.3 Å². The van der Waals surface area contributed by atoms with Crippen LogP contribution >= 0.6 is 0 Å². The van der Waals surface area contributed by atoms with Gasteiger partial charge >= 0.3 is 0 Å². The van der Waals surface area contributed by atoms with E-state index in [4.69, 9.17) is 4.74 Å². The first-order valence-electron chi connectivity index (χ1n) is 9.27. The summed E-state index contributed by atoms with van der Waals surface area (Å²) in [5, 5.41) is 4.62.